The van der Waals surface area contributed by atoms with Gasteiger partial charge < -0.3 is 9.73 Å². The van der Waals surface area contributed by atoms with Crippen molar-refractivity contribution in [2.75, 3.05) is 5.32 Å². The van der Waals surface area contributed by atoms with Crippen LogP contribution in [0.3, 0.4) is 0 Å². The summed E-state index contributed by atoms with van der Waals surface area (Å²) in [6, 6.07) is 4.96. The van der Waals surface area contributed by atoms with Crippen LogP contribution in [-0.2, 0) is 7.05 Å². The van der Waals surface area contributed by atoms with Gasteiger partial charge in [-0.05, 0) is 28.1 Å². The third kappa shape index (κ3) is 2.10. The number of aryl methyl sites for hydroxylation is 1. The van der Waals surface area contributed by atoms with Gasteiger partial charge in [0.15, 0.2) is 10.4 Å². The largest absolute Gasteiger partial charge is 0.444 e. The minimum atomic E-state index is -0.302. The van der Waals surface area contributed by atoms with Gasteiger partial charge in [-0.25, -0.2) is 0 Å². The fourth-order valence-electron chi connectivity index (χ4n) is 1.11. The summed E-state index contributed by atoms with van der Waals surface area (Å²) in [5, 5.41) is 6.60. The van der Waals surface area contributed by atoms with Gasteiger partial charge in [-0.2, -0.15) is 5.10 Å². The number of nitrogens with zero attached hydrogens (tertiary/aromatic N) is 2. The number of rotatable bonds is 2. The minimum Gasteiger partial charge on any atom is -0.444 e. The molecular formula is C9H8BrN3O2. The molecule has 0 aromatic carbocycles. The average Bonchev–Trinajstić information content (AvgIpc) is 2.77. The Morgan fingerprint density at radius 1 is 1.53 bits per heavy atom. The lowest BCUT2D eigenvalue weighted by atomic mass is 10.4. The van der Waals surface area contributed by atoms with Crippen LogP contribution in [0, 0.1) is 0 Å². The van der Waals surface area contributed by atoms with Gasteiger partial charge in [-0.1, -0.05) is 0 Å². The molecule has 6 heteroatoms. The van der Waals surface area contributed by atoms with Gasteiger partial charge in [0.25, 0.3) is 5.91 Å². The Hall–Kier alpha value is -1.56. The van der Waals surface area contributed by atoms with E-state index in [9.17, 15) is 4.79 Å². The molecule has 2 aromatic rings. The van der Waals surface area contributed by atoms with Crippen LogP contribution in [0.25, 0.3) is 0 Å². The van der Waals surface area contributed by atoms with Crippen LogP contribution in [0.2, 0.25) is 0 Å². The van der Waals surface area contributed by atoms with Crippen molar-refractivity contribution in [2.45, 2.75) is 0 Å². The zero-order valence-corrected chi connectivity index (χ0v) is 9.48. The molecule has 0 aliphatic heterocycles. The van der Waals surface area contributed by atoms with E-state index in [-0.39, 0.29) is 11.7 Å². The molecule has 15 heavy (non-hydrogen) atoms. The normalized spacial score (nSPS) is 10.3. The maximum absolute atomic E-state index is 11.6. The third-order valence-electron chi connectivity index (χ3n) is 1.86. The number of nitrogens with one attached hydrogen (secondary N) is 1. The summed E-state index contributed by atoms with van der Waals surface area (Å²) in [5.74, 6) is 0.569. The predicted octanol–water partition coefficient (Wildman–Crippen LogP) is 2.03. The number of anilines is 1. The van der Waals surface area contributed by atoms with Crippen molar-refractivity contribution in [3.8, 4) is 0 Å². The van der Waals surface area contributed by atoms with Crippen LogP contribution in [-0.4, -0.2) is 15.7 Å². The van der Waals surface area contributed by atoms with E-state index in [1.807, 2.05) is 0 Å². The Labute approximate surface area is 94.2 Å². The van der Waals surface area contributed by atoms with Crippen molar-refractivity contribution in [2.24, 2.45) is 7.05 Å². The molecule has 0 radical (unpaired) electrons. The lowest BCUT2D eigenvalue weighted by molar-refractivity contribution is 0.0994. The van der Waals surface area contributed by atoms with E-state index in [4.69, 9.17) is 4.42 Å². The number of amides is 1. The number of furan rings is 1. The monoisotopic (exact) mass is 269 g/mol. The fourth-order valence-corrected chi connectivity index (χ4v) is 1.42. The number of carbonyl (C=O) groups is 1. The van der Waals surface area contributed by atoms with Crippen LogP contribution >= 0.6 is 15.9 Å². The first-order valence-corrected chi connectivity index (χ1v) is 5.01. The quantitative estimate of drug-likeness (QED) is 0.908. The first-order valence-electron chi connectivity index (χ1n) is 4.21. The minimum absolute atomic E-state index is 0.253. The van der Waals surface area contributed by atoms with Crippen LogP contribution in [0.15, 0.2) is 33.5 Å². The fraction of sp³-hybridized carbons (Fsp3) is 0.111. The molecule has 0 aliphatic rings. The van der Waals surface area contributed by atoms with E-state index < -0.39 is 0 Å². The molecular weight excluding hydrogens is 262 g/mol. The SMILES string of the molecule is Cn1nccc1NC(=O)c1ccc(Br)o1. The van der Waals surface area contributed by atoms with E-state index in [0.29, 0.717) is 10.5 Å². The van der Waals surface area contributed by atoms with E-state index in [1.54, 1.807) is 36.1 Å². The van der Waals surface area contributed by atoms with Gasteiger partial charge in [0.1, 0.15) is 5.82 Å². The van der Waals surface area contributed by atoms with Gasteiger partial charge in [0, 0.05) is 13.1 Å². The van der Waals surface area contributed by atoms with Gasteiger partial charge in [0.05, 0.1) is 6.20 Å². The molecule has 2 heterocycles. The van der Waals surface area contributed by atoms with Crippen LogP contribution < -0.4 is 5.32 Å². The molecule has 0 spiro atoms. The summed E-state index contributed by atoms with van der Waals surface area (Å²) in [5.41, 5.74) is 0. The molecule has 78 valence electrons. The Balaban J connectivity index is 2.14. The summed E-state index contributed by atoms with van der Waals surface area (Å²) in [6.45, 7) is 0. The topological polar surface area (TPSA) is 60.1 Å². The Morgan fingerprint density at radius 3 is 2.87 bits per heavy atom. The van der Waals surface area contributed by atoms with Crippen molar-refractivity contribution in [1.82, 2.24) is 9.78 Å². The number of halogens is 1. The molecule has 0 saturated carbocycles. The van der Waals surface area contributed by atoms with Crippen molar-refractivity contribution in [1.29, 1.82) is 0 Å². The zero-order valence-electron chi connectivity index (χ0n) is 7.90. The maximum Gasteiger partial charge on any atom is 0.292 e. The second-order valence-corrected chi connectivity index (χ2v) is 3.68. The Kier molecular flexibility index (Phi) is 2.59. The summed E-state index contributed by atoms with van der Waals surface area (Å²) in [6.07, 6.45) is 1.60. The second kappa shape index (κ2) is 3.90. The molecule has 5 nitrogen and oxygen atoms in total. The van der Waals surface area contributed by atoms with Crippen LogP contribution in [0.5, 0.6) is 0 Å². The Morgan fingerprint density at radius 2 is 2.33 bits per heavy atom. The van der Waals surface area contributed by atoms with E-state index in [0.717, 1.165) is 0 Å². The van der Waals surface area contributed by atoms with Gasteiger partial charge in [-0.15, -0.1) is 0 Å². The molecule has 1 amide bonds. The molecule has 0 fully saturated rings. The van der Waals surface area contributed by atoms with E-state index in [2.05, 4.69) is 26.3 Å². The third-order valence-corrected chi connectivity index (χ3v) is 2.29. The van der Waals surface area contributed by atoms with Crippen molar-refractivity contribution in [3.63, 3.8) is 0 Å². The molecule has 2 aromatic heterocycles. The smallest absolute Gasteiger partial charge is 0.292 e. The van der Waals surface area contributed by atoms with Crippen molar-refractivity contribution < 1.29 is 9.21 Å². The molecule has 0 atom stereocenters. The summed E-state index contributed by atoms with van der Waals surface area (Å²) < 4.78 is 7.20. The standard InChI is InChI=1S/C9H8BrN3O2/c1-13-8(4-5-11-13)12-9(14)6-2-3-7(10)15-6/h2-5H,1H3,(H,12,14). The summed E-state index contributed by atoms with van der Waals surface area (Å²) in [7, 11) is 1.74. The lowest BCUT2D eigenvalue weighted by Crippen LogP contribution is -2.13. The lowest BCUT2D eigenvalue weighted by Gasteiger charge is -2.02. The van der Waals surface area contributed by atoms with Crippen molar-refractivity contribution >= 4 is 27.7 Å². The molecule has 0 saturated heterocycles. The number of hydrogen-bond acceptors (Lipinski definition) is 3. The highest BCUT2D eigenvalue weighted by Crippen LogP contribution is 2.15. The van der Waals surface area contributed by atoms with Crippen molar-refractivity contribution in [3.05, 3.63) is 34.8 Å². The zero-order chi connectivity index (χ0) is 10.8. The van der Waals surface area contributed by atoms with Gasteiger partial charge in [0.2, 0.25) is 0 Å². The van der Waals surface area contributed by atoms with E-state index >= 15 is 0 Å². The molecule has 0 unspecified atom stereocenters. The predicted molar refractivity (Wildman–Crippen MR) is 57.6 cm³/mol. The molecule has 2 rings (SSSR count). The number of aromatic nitrogens is 2. The highest BCUT2D eigenvalue weighted by molar-refractivity contribution is 9.10. The highest BCUT2D eigenvalue weighted by atomic mass is 79.9. The van der Waals surface area contributed by atoms with Crippen LogP contribution in [0.1, 0.15) is 10.6 Å². The summed E-state index contributed by atoms with van der Waals surface area (Å²) in [4.78, 5) is 11.6. The van der Waals surface area contributed by atoms with Gasteiger partial charge in [-0.3, -0.25) is 9.48 Å². The number of hydrogen-bond donors (Lipinski definition) is 1. The molecule has 1 N–H and O–H groups in total. The van der Waals surface area contributed by atoms with E-state index in [1.165, 1.54) is 0 Å². The maximum atomic E-state index is 11.6. The second-order valence-electron chi connectivity index (χ2n) is 2.90. The van der Waals surface area contributed by atoms with Crippen LogP contribution in [0.4, 0.5) is 5.82 Å². The average molecular weight is 270 g/mol. The molecule has 0 aliphatic carbocycles. The first-order chi connectivity index (χ1) is 7.16. The van der Waals surface area contributed by atoms with Gasteiger partial charge >= 0.3 is 0 Å². The molecule has 0 bridgehead atoms. The number of carbonyl (C=O) groups excluding carboxylic acids is 1. The Bertz CT molecular complexity index is 489. The first kappa shape index (κ1) is 9.97. The summed E-state index contributed by atoms with van der Waals surface area (Å²) >= 11 is 3.13. The highest BCUT2D eigenvalue weighted by Gasteiger charge is 2.11.